The summed E-state index contributed by atoms with van der Waals surface area (Å²) in [7, 11) is 0. The molecular weight excluding hydrogens is 368 g/mol. The molecule has 1 aromatic heterocycles. The van der Waals surface area contributed by atoms with Crippen LogP contribution in [0, 0.1) is 0 Å². The van der Waals surface area contributed by atoms with Crippen LogP contribution in [0.15, 0.2) is 42.6 Å². The van der Waals surface area contributed by atoms with Crippen LogP contribution >= 0.6 is 11.6 Å². The number of hydrogen-bond acceptors (Lipinski definition) is 5. The smallest absolute Gasteiger partial charge is 0.344 e. The van der Waals surface area contributed by atoms with E-state index < -0.39 is 18.0 Å². The molecule has 0 aliphatic carbocycles. The van der Waals surface area contributed by atoms with Crippen molar-refractivity contribution >= 4 is 29.3 Å². The Hall–Kier alpha value is -2.60. The number of carbonyl (C=O) groups is 2. The second kappa shape index (κ2) is 8.86. The third-order valence-electron chi connectivity index (χ3n) is 3.73. The van der Waals surface area contributed by atoms with Crippen LogP contribution in [0.2, 0.25) is 5.02 Å². The molecule has 27 heavy (non-hydrogen) atoms. The molecule has 0 fully saturated rings. The van der Waals surface area contributed by atoms with Crippen molar-refractivity contribution in [3.63, 3.8) is 0 Å². The molecule has 1 heterocycles. The summed E-state index contributed by atoms with van der Waals surface area (Å²) in [6, 6.07) is 10.7. The van der Waals surface area contributed by atoms with Crippen LogP contribution in [-0.2, 0) is 19.7 Å². The number of halogens is 1. The molecule has 0 aliphatic heterocycles. The molecule has 7 heteroatoms. The summed E-state index contributed by atoms with van der Waals surface area (Å²) in [6.45, 7) is 7.54. The van der Waals surface area contributed by atoms with Gasteiger partial charge in [0, 0.05) is 6.20 Å². The summed E-state index contributed by atoms with van der Waals surface area (Å²) in [5.74, 6) is -0.251. The average Bonchev–Trinajstić information content (AvgIpc) is 2.61. The van der Waals surface area contributed by atoms with Gasteiger partial charge in [0.05, 0.1) is 5.02 Å². The van der Waals surface area contributed by atoms with E-state index >= 15 is 0 Å². The van der Waals surface area contributed by atoms with Gasteiger partial charge in [0.1, 0.15) is 11.6 Å². The van der Waals surface area contributed by atoms with Gasteiger partial charge in [-0.25, -0.2) is 9.78 Å². The minimum atomic E-state index is -0.984. The lowest BCUT2D eigenvalue weighted by molar-refractivity contribution is -0.155. The van der Waals surface area contributed by atoms with Gasteiger partial charge in [-0.15, -0.1) is 0 Å². The van der Waals surface area contributed by atoms with Crippen molar-refractivity contribution in [1.82, 2.24) is 4.98 Å². The van der Waals surface area contributed by atoms with Crippen molar-refractivity contribution in [2.75, 3.05) is 11.9 Å². The normalized spacial score (nSPS) is 12.2. The van der Waals surface area contributed by atoms with Crippen LogP contribution < -0.4 is 10.1 Å². The Morgan fingerprint density at radius 2 is 1.81 bits per heavy atom. The number of rotatable bonds is 6. The molecule has 1 amide bonds. The van der Waals surface area contributed by atoms with E-state index in [4.69, 9.17) is 21.1 Å². The number of benzene rings is 1. The summed E-state index contributed by atoms with van der Waals surface area (Å²) in [4.78, 5) is 27.9. The molecule has 2 rings (SSSR count). The molecule has 0 unspecified atom stereocenters. The highest BCUT2D eigenvalue weighted by Crippen LogP contribution is 2.24. The van der Waals surface area contributed by atoms with Crippen LogP contribution in [0.4, 0.5) is 5.82 Å². The molecule has 0 spiro atoms. The first kappa shape index (κ1) is 20.7. The van der Waals surface area contributed by atoms with Crippen molar-refractivity contribution in [3.05, 3.63) is 53.2 Å². The highest BCUT2D eigenvalue weighted by atomic mass is 35.5. The van der Waals surface area contributed by atoms with Crippen molar-refractivity contribution in [1.29, 1.82) is 0 Å². The number of nitrogens with zero attached hydrogens (tertiary/aromatic N) is 1. The zero-order valence-electron chi connectivity index (χ0n) is 15.8. The maximum absolute atomic E-state index is 12.0. The Bertz CT molecular complexity index is 783. The van der Waals surface area contributed by atoms with Gasteiger partial charge in [0.2, 0.25) is 0 Å². The molecule has 0 radical (unpaired) electrons. The Morgan fingerprint density at radius 3 is 2.37 bits per heavy atom. The third kappa shape index (κ3) is 6.57. The fraction of sp³-hybridized carbons (Fsp3) is 0.350. The second-order valence-electron chi connectivity index (χ2n) is 7.05. The molecule has 0 aliphatic rings. The van der Waals surface area contributed by atoms with E-state index in [0.717, 1.165) is 0 Å². The van der Waals surface area contributed by atoms with Crippen LogP contribution in [0.1, 0.15) is 33.3 Å². The number of ether oxygens (including phenoxy) is 2. The number of pyridine rings is 1. The molecule has 1 aromatic carbocycles. The standard InChI is InChI=1S/C20H23ClN2O4/c1-13(19(25)23-17-10-7-15(21)11-22-17)27-18(24)12-26-16-8-5-14(6-9-16)20(2,3)4/h5-11,13H,12H2,1-4H3,(H,22,23,25)/t13-/m0/s1. The Balaban J connectivity index is 1.80. The van der Waals surface area contributed by atoms with Crippen molar-refractivity contribution in [2.45, 2.75) is 39.2 Å². The van der Waals surface area contributed by atoms with E-state index in [2.05, 4.69) is 31.1 Å². The number of amides is 1. The lowest BCUT2D eigenvalue weighted by atomic mass is 9.87. The van der Waals surface area contributed by atoms with Gasteiger partial charge in [-0.2, -0.15) is 0 Å². The van der Waals surface area contributed by atoms with E-state index in [9.17, 15) is 9.59 Å². The molecular formula is C20H23ClN2O4. The molecule has 0 bridgehead atoms. The number of anilines is 1. The minimum Gasteiger partial charge on any atom is -0.482 e. The Kier molecular flexibility index (Phi) is 6.80. The molecule has 144 valence electrons. The number of hydrogen-bond donors (Lipinski definition) is 1. The summed E-state index contributed by atoms with van der Waals surface area (Å²) >= 11 is 5.74. The monoisotopic (exact) mass is 390 g/mol. The molecule has 1 N–H and O–H groups in total. The van der Waals surface area contributed by atoms with Crippen molar-refractivity contribution in [3.8, 4) is 5.75 Å². The summed E-state index contributed by atoms with van der Waals surface area (Å²) in [5, 5.41) is 3.00. The van der Waals surface area contributed by atoms with Gasteiger partial charge in [0.25, 0.3) is 5.91 Å². The number of esters is 1. The highest BCUT2D eigenvalue weighted by molar-refractivity contribution is 6.30. The highest BCUT2D eigenvalue weighted by Gasteiger charge is 2.19. The zero-order chi connectivity index (χ0) is 20.0. The zero-order valence-corrected chi connectivity index (χ0v) is 16.5. The van der Waals surface area contributed by atoms with E-state index in [1.807, 2.05) is 12.1 Å². The quantitative estimate of drug-likeness (QED) is 0.755. The third-order valence-corrected chi connectivity index (χ3v) is 3.96. The van der Waals surface area contributed by atoms with Crippen LogP contribution in [-0.4, -0.2) is 29.6 Å². The van der Waals surface area contributed by atoms with Gasteiger partial charge >= 0.3 is 5.97 Å². The second-order valence-corrected chi connectivity index (χ2v) is 7.48. The van der Waals surface area contributed by atoms with E-state index in [1.165, 1.54) is 18.7 Å². The van der Waals surface area contributed by atoms with Crippen molar-refractivity contribution < 1.29 is 19.1 Å². The number of nitrogens with one attached hydrogen (secondary N) is 1. The van der Waals surface area contributed by atoms with E-state index in [-0.39, 0.29) is 12.0 Å². The van der Waals surface area contributed by atoms with Gasteiger partial charge in [-0.3, -0.25) is 4.79 Å². The van der Waals surface area contributed by atoms with Crippen LogP contribution in [0.25, 0.3) is 0 Å². The van der Waals surface area contributed by atoms with Gasteiger partial charge in [-0.1, -0.05) is 44.5 Å². The summed E-state index contributed by atoms with van der Waals surface area (Å²) in [5.41, 5.74) is 1.21. The fourth-order valence-corrected chi connectivity index (χ4v) is 2.27. The Morgan fingerprint density at radius 1 is 1.15 bits per heavy atom. The van der Waals surface area contributed by atoms with Crippen LogP contribution in [0.3, 0.4) is 0 Å². The van der Waals surface area contributed by atoms with Gasteiger partial charge in [0.15, 0.2) is 12.7 Å². The van der Waals surface area contributed by atoms with Gasteiger partial charge in [-0.05, 0) is 42.2 Å². The number of aromatic nitrogens is 1. The average molecular weight is 391 g/mol. The molecule has 1 atom stereocenters. The largest absolute Gasteiger partial charge is 0.482 e. The molecule has 0 saturated carbocycles. The first-order valence-electron chi connectivity index (χ1n) is 8.50. The summed E-state index contributed by atoms with van der Waals surface area (Å²) < 4.78 is 10.5. The minimum absolute atomic E-state index is 0.0409. The lowest BCUT2D eigenvalue weighted by Gasteiger charge is -2.19. The predicted molar refractivity (Wildman–Crippen MR) is 104 cm³/mol. The molecule has 2 aromatic rings. The van der Waals surface area contributed by atoms with Crippen molar-refractivity contribution in [2.24, 2.45) is 0 Å². The van der Waals surface area contributed by atoms with E-state index in [0.29, 0.717) is 16.6 Å². The predicted octanol–water partition coefficient (Wildman–Crippen LogP) is 3.98. The van der Waals surface area contributed by atoms with Crippen LogP contribution in [0.5, 0.6) is 5.75 Å². The first-order valence-corrected chi connectivity index (χ1v) is 8.88. The topological polar surface area (TPSA) is 77.5 Å². The maximum Gasteiger partial charge on any atom is 0.344 e. The lowest BCUT2D eigenvalue weighted by Crippen LogP contribution is -2.31. The summed E-state index contributed by atoms with van der Waals surface area (Å²) in [6.07, 6.45) is 0.425. The van der Waals surface area contributed by atoms with Gasteiger partial charge < -0.3 is 14.8 Å². The first-order chi connectivity index (χ1) is 12.6. The molecule has 0 saturated heterocycles. The molecule has 6 nitrogen and oxygen atoms in total. The maximum atomic E-state index is 12.0. The number of carbonyl (C=O) groups excluding carboxylic acids is 2. The fourth-order valence-electron chi connectivity index (χ4n) is 2.16. The van der Waals surface area contributed by atoms with E-state index in [1.54, 1.807) is 24.3 Å². The SMILES string of the molecule is C[C@H](OC(=O)COc1ccc(C(C)(C)C)cc1)C(=O)Nc1ccc(Cl)cn1. The Labute approximate surface area is 163 Å².